The summed E-state index contributed by atoms with van der Waals surface area (Å²) in [6.07, 6.45) is 0. The Balaban J connectivity index is 1.84. The number of aromatic carboxylic acids is 1. The van der Waals surface area contributed by atoms with Gasteiger partial charge in [-0.05, 0) is 38.1 Å². The minimum atomic E-state index is -1.21. The van der Waals surface area contributed by atoms with Gasteiger partial charge in [-0.25, -0.2) is 13.6 Å². The van der Waals surface area contributed by atoms with Crippen molar-refractivity contribution in [2.24, 2.45) is 0 Å². The van der Waals surface area contributed by atoms with E-state index in [0.717, 1.165) is 18.2 Å². The van der Waals surface area contributed by atoms with Crippen LogP contribution in [0.3, 0.4) is 0 Å². The molecule has 0 radical (unpaired) electrons. The Hall–Kier alpha value is -3.46. The van der Waals surface area contributed by atoms with Crippen LogP contribution in [0.1, 0.15) is 35.8 Å². The number of hydrogen-bond acceptors (Lipinski definition) is 6. The van der Waals surface area contributed by atoms with E-state index in [-0.39, 0.29) is 33.7 Å². The molecule has 0 aliphatic carbocycles. The van der Waals surface area contributed by atoms with Gasteiger partial charge in [-0.3, -0.25) is 4.79 Å². The fraction of sp³-hybridized carbons (Fsp3) is 0.304. The molecule has 0 amide bonds. The van der Waals surface area contributed by atoms with Crippen molar-refractivity contribution in [1.82, 2.24) is 0 Å². The molecule has 0 saturated carbocycles. The first-order valence-corrected chi connectivity index (χ1v) is 10.1. The average molecular weight is 444 g/mol. The van der Waals surface area contributed by atoms with Crippen LogP contribution >= 0.6 is 0 Å². The van der Waals surface area contributed by atoms with Crippen LogP contribution in [0.15, 0.2) is 45.6 Å². The molecule has 0 bridgehead atoms. The molecule has 0 spiro atoms. The quantitative estimate of drug-likeness (QED) is 0.610. The molecule has 1 unspecified atom stereocenters. The van der Waals surface area contributed by atoms with Gasteiger partial charge in [-0.15, -0.1) is 0 Å². The number of ether oxygens (including phenoxy) is 1. The first kappa shape index (κ1) is 21.8. The highest BCUT2D eigenvalue weighted by Gasteiger charge is 2.24. The van der Waals surface area contributed by atoms with E-state index in [1.54, 1.807) is 6.92 Å². The summed E-state index contributed by atoms with van der Waals surface area (Å²) in [5.74, 6) is -2.35. The lowest BCUT2D eigenvalue weighted by Gasteiger charge is -2.33. The summed E-state index contributed by atoms with van der Waals surface area (Å²) in [7, 11) is 0. The maximum absolute atomic E-state index is 13.6. The number of carboxylic acids is 1. The molecule has 1 aliphatic rings. The van der Waals surface area contributed by atoms with Gasteiger partial charge in [0.05, 0.1) is 36.2 Å². The first-order chi connectivity index (χ1) is 15.2. The monoisotopic (exact) mass is 444 g/mol. The summed E-state index contributed by atoms with van der Waals surface area (Å²) in [4.78, 5) is 26.5. The van der Waals surface area contributed by atoms with E-state index in [4.69, 9.17) is 9.15 Å². The van der Waals surface area contributed by atoms with Crippen molar-refractivity contribution in [2.45, 2.75) is 25.9 Å². The number of fused-ring (bicyclic) bond motifs is 1. The van der Waals surface area contributed by atoms with E-state index in [1.807, 2.05) is 11.8 Å². The standard InChI is InChI=1S/C23H22F2N2O5/c1-12-11-31-4-3-27(12)21-10-20(28)19-6-14(23(29)30)5-18(22(19)32-21)13(2)26-17-8-15(24)7-16(25)9-17/h5-10,12-13,26H,3-4,11H2,1-2H3,(H,29,30)/t12-,13?/m0/s1. The third-order valence-corrected chi connectivity index (χ3v) is 5.45. The Bertz CT molecular complexity index is 1220. The van der Waals surface area contributed by atoms with E-state index < -0.39 is 23.6 Å². The predicted molar refractivity (Wildman–Crippen MR) is 115 cm³/mol. The van der Waals surface area contributed by atoms with Crippen molar-refractivity contribution in [3.05, 3.63) is 69.4 Å². The topological polar surface area (TPSA) is 92.0 Å². The van der Waals surface area contributed by atoms with E-state index in [0.29, 0.717) is 31.2 Å². The number of carbonyl (C=O) groups is 1. The fourth-order valence-electron chi connectivity index (χ4n) is 3.88. The zero-order valence-electron chi connectivity index (χ0n) is 17.5. The lowest BCUT2D eigenvalue weighted by Crippen LogP contribution is -2.44. The van der Waals surface area contributed by atoms with Crippen molar-refractivity contribution < 1.29 is 27.8 Å². The highest BCUT2D eigenvalue weighted by molar-refractivity contribution is 5.94. The van der Waals surface area contributed by atoms with E-state index in [2.05, 4.69) is 5.32 Å². The van der Waals surface area contributed by atoms with Gasteiger partial charge in [0.2, 0.25) is 0 Å². The number of morpholine rings is 1. The number of rotatable bonds is 5. The van der Waals surface area contributed by atoms with Crippen molar-refractivity contribution in [2.75, 3.05) is 30.0 Å². The second kappa shape index (κ2) is 8.58. The van der Waals surface area contributed by atoms with Crippen LogP contribution in [0.2, 0.25) is 0 Å². The number of benzene rings is 2. The predicted octanol–water partition coefficient (Wildman–Crippen LogP) is 4.17. The lowest BCUT2D eigenvalue weighted by atomic mass is 10.0. The molecule has 4 rings (SSSR count). The summed E-state index contributed by atoms with van der Waals surface area (Å²) in [6.45, 7) is 5.14. The summed E-state index contributed by atoms with van der Waals surface area (Å²) < 4.78 is 38.8. The number of anilines is 2. The molecule has 7 nitrogen and oxygen atoms in total. The van der Waals surface area contributed by atoms with Crippen LogP contribution in [-0.4, -0.2) is 36.9 Å². The number of nitrogens with one attached hydrogen (secondary N) is 1. The number of halogens is 2. The first-order valence-electron chi connectivity index (χ1n) is 10.1. The highest BCUT2D eigenvalue weighted by atomic mass is 19.1. The van der Waals surface area contributed by atoms with Gasteiger partial charge in [-0.2, -0.15) is 0 Å². The van der Waals surface area contributed by atoms with E-state index >= 15 is 0 Å². The number of hydrogen-bond donors (Lipinski definition) is 2. The van der Waals surface area contributed by atoms with E-state index in [9.17, 15) is 23.5 Å². The second-order valence-corrected chi connectivity index (χ2v) is 7.84. The molecular weight excluding hydrogens is 422 g/mol. The van der Waals surface area contributed by atoms with Gasteiger partial charge >= 0.3 is 5.97 Å². The van der Waals surface area contributed by atoms with Crippen LogP contribution in [0.25, 0.3) is 11.0 Å². The van der Waals surface area contributed by atoms with Crippen molar-refractivity contribution >= 4 is 28.5 Å². The van der Waals surface area contributed by atoms with Crippen LogP contribution in [-0.2, 0) is 4.74 Å². The molecule has 32 heavy (non-hydrogen) atoms. The molecule has 1 fully saturated rings. The fourth-order valence-corrected chi connectivity index (χ4v) is 3.88. The Morgan fingerprint density at radius 1 is 1.19 bits per heavy atom. The van der Waals surface area contributed by atoms with Gasteiger partial charge in [0.15, 0.2) is 11.3 Å². The third-order valence-electron chi connectivity index (χ3n) is 5.45. The third kappa shape index (κ3) is 4.29. The van der Waals surface area contributed by atoms with Crippen molar-refractivity contribution in [3.63, 3.8) is 0 Å². The van der Waals surface area contributed by atoms with Gasteiger partial charge in [0.25, 0.3) is 0 Å². The molecule has 168 valence electrons. The minimum Gasteiger partial charge on any atom is -0.478 e. The zero-order chi connectivity index (χ0) is 23.0. The van der Waals surface area contributed by atoms with E-state index in [1.165, 1.54) is 18.2 Å². The van der Waals surface area contributed by atoms with Crippen LogP contribution in [0.4, 0.5) is 20.4 Å². The van der Waals surface area contributed by atoms with Gasteiger partial charge < -0.3 is 24.5 Å². The lowest BCUT2D eigenvalue weighted by molar-refractivity contribution is 0.0697. The van der Waals surface area contributed by atoms with Crippen LogP contribution in [0.5, 0.6) is 0 Å². The summed E-state index contributed by atoms with van der Waals surface area (Å²) in [5, 5.41) is 12.6. The molecule has 2 N–H and O–H groups in total. The maximum Gasteiger partial charge on any atom is 0.335 e. The summed E-state index contributed by atoms with van der Waals surface area (Å²) in [5.41, 5.74) is 0.293. The Labute approximate surface area is 182 Å². The smallest absolute Gasteiger partial charge is 0.335 e. The van der Waals surface area contributed by atoms with Gasteiger partial charge in [-0.1, -0.05) is 0 Å². The Kier molecular flexibility index (Phi) is 5.84. The molecule has 2 aromatic carbocycles. The molecular formula is C23H22F2N2O5. The number of carboxylic acid groups (broad SMARTS) is 1. The number of nitrogens with zero attached hydrogens (tertiary/aromatic N) is 1. The molecule has 1 aliphatic heterocycles. The molecule has 2 atom stereocenters. The SMILES string of the molecule is CC(Nc1cc(F)cc(F)c1)c1cc(C(=O)O)cc2c(=O)cc(N3CCOC[C@@H]3C)oc12. The van der Waals surface area contributed by atoms with Gasteiger partial charge in [0.1, 0.15) is 17.2 Å². The normalized spacial score (nSPS) is 17.4. The van der Waals surface area contributed by atoms with Crippen LogP contribution in [0, 0.1) is 11.6 Å². The van der Waals surface area contributed by atoms with Crippen molar-refractivity contribution in [3.8, 4) is 0 Å². The average Bonchev–Trinajstić information content (AvgIpc) is 2.72. The Morgan fingerprint density at radius 3 is 2.56 bits per heavy atom. The summed E-state index contributed by atoms with van der Waals surface area (Å²) >= 11 is 0. The Morgan fingerprint density at radius 2 is 1.91 bits per heavy atom. The molecule has 3 aromatic rings. The largest absolute Gasteiger partial charge is 0.478 e. The van der Waals surface area contributed by atoms with Gasteiger partial charge in [0, 0.05) is 29.9 Å². The van der Waals surface area contributed by atoms with Crippen molar-refractivity contribution in [1.29, 1.82) is 0 Å². The zero-order valence-corrected chi connectivity index (χ0v) is 17.5. The molecule has 1 aromatic heterocycles. The molecule has 2 heterocycles. The molecule has 1 saturated heterocycles. The summed E-state index contributed by atoms with van der Waals surface area (Å²) in [6, 6.07) is 6.38. The van der Waals surface area contributed by atoms with Crippen LogP contribution < -0.4 is 15.6 Å². The molecule has 9 heteroatoms. The minimum absolute atomic E-state index is 0.0167. The maximum atomic E-state index is 13.6. The highest BCUT2D eigenvalue weighted by Crippen LogP contribution is 2.31. The second-order valence-electron chi connectivity index (χ2n) is 7.84.